The molecule has 0 aliphatic carbocycles. The molecule has 9 nitrogen and oxygen atoms in total. The van der Waals surface area contributed by atoms with Crippen LogP contribution in [0.15, 0.2) is 24.5 Å². The molecule has 106 valence electrons. The molecule has 0 atom stereocenters. The third kappa shape index (κ3) is 2.79. The Morgan fingerprint density at radius 1 is 1.43 bits per heavy atom. The second-order valence-electron chi connectivity index (χ2n) is 3.75. The molecular weight excluding hydrogens is 278 g/mol. The first-order chi connectivity index (χ1) is 10.1. The Hall–Kier alpha value is -3.41. The summed E-state index contributed by atoms with van der Waals surface area (Å²) in [5.41, 5.74) is 5.37. The Morgan fingerprint density at radius 3 is 2.81 bits per heavy atom. The number of nitro benzene ring substituents is 1. The van der Waals surface area contributed by atoms with Crippen LogP contribution < -0.4 is 15.2 Å². The Bertz CT molecular complexity index is 741. The summed E-state index contributed by atoms with van der Waals surface area (Å²) in [4.78, 5) is 17.9. The van der Waals surface area contributed by atoms with Gasteiger partial charge in [0.05, 0.1) is 23.7 Å². The number of nitrogens with two attached hydrogens (primary N) is 1. The van der Waals surface area contributed by atoms with Gasteiger partial charge in [-0.25, -0.2) is 4.98 Å². The minimum atomic E-state index is -0.660. The van der Waals surface area contributed by atoms with E-state index in [1.54, 1.807) is 0 Å². The molecule has 1 aromatic carbocycles. The SMILES string of the molecule is COc1c(N)ncnc1Oc1ccc(C#N)cc1[N+](=O)[O-]. The number of rotatable bonds is 4. The van der Waals surface area contributed by atoms with Gasteiger partial charge in [0.1, 0.15) is 6.33 Å². The maximum atomic E-state index is 11.0. The van der Waals surface area contributed by atoms with E-state index in [-0.39, 0.29) is 34.4 Å². The van der Waals surface area contributed by atoms with E-state index in [9.17, 15) is 10.1 Å². The molecule has 0 aliphatic heterocycles. The Kier molecular flexibility index (Phi) is 3.80. The van der Waals surface area contributed by atoms with Crippen LogP contribution in [0.25, 0.3) is 0 Å². The minimum absolute atomic E-state index is 0.0406. The molecule has 0 fully saturated rings. The van der Waals surface area contributed by atoms with Gasteiger partial charge in [0.15, 0.2) is 5.82 Å². The normalized spacial score (nSPS) is 9.71. The van der Waals surface area contributed by atoms with Crippen LogP contribution in [-0.4, -0.2) is 22.0 Å². The molecule has 2 rings (SSSR count). The highest BCUT2D eigenvalue weighted by Gasteiger charge is 2.20. The van der Waals surface area contributed by atoms with Crippen LogP contribution in [0.1, 0.15) is 5.56 Å². The van der Waals surface area contributed by atoms with Crippen molar-refractivity contribution in [3.8, 4) is 23.4 Å². The maximum Gasteiger partial charge on any atom is 0.312 e. The predicted octanol–water partition coefficient (Wildman–Crippen LogP) is 1.64. The number of aromatic nitrogens is 2. The van der Waals surface area contributed by atoms with Gasteiger partial charge in [-0.15, -0.1) is 0 Å². The van der Waals surface area contributed by atoms with Gasteiger partial charge in [0.2, 0.25) is 11.5 Å². The van der Waals surface area contributed by atoms with Gasteiger partial charge >= 0.3 is 5.69 Å². The zero-order valence-electron chi connectivity index (χ0n) is 10.8. The lowest BCUT2D eigenvalue weighted by Gasteiger charge is -2.10. The van der Waals surface area contributed by atoms with Crippen molar-refractivity contribution in [1.29, 1.82) is 5.26 Å². The number of hydrogen-bond acceptors (Lipinski definition) is 8. The lowest BCUT2D eigenvalue weighted by molar-refractivity contribution is -0.385. The first-order valence-electron chi connectivity index (χ1n) is 5.57. The van der Waals surface area contributed by atoms with Crippen LogP contribution in [0.2, 0.25) is 0 Å². The summed E-state index contributed by atoms with van der Waals surface area (Å²) in [6, 6.07) is 5.61. The first kappa shape index (κ1) is 14.0. The van der Waals surface area contributed by atoms with Gasteiger partial charge < -0.3 is 15.2 Å². The van der Waals surface area contributed by atoms with Crippen molar-refractivity contribution in [2.45, 2.75) is 0 Å². The fraction of sp³-hybridized carbons (Fsp3) is 0.0833. The molecule has 0 bridgehead atoms. The number of anilines is 1. The Balaban J connectivity index is 2.47. The van der Waals surface area contributed by atoms with Crippen molar-refractivity contribution in [2.75, 3.05) is 12.8 Å². The fourth-order valence-corrected chi connectivity index (χ4v) is 1.55. The summed E-state index contributed by atoms with van der Waals surface area (Å²) in [5.74, 6) is -0.0387. The van der Waals surface area contributed by atoms with Crippen molar-refractivity contribution in [2.24, 2.45) is 0 Å². The average molecular weight is 287 g/mol. The molecule has 2 N–H and O–H groups in total. The molecule has 0 amide bonds. The number of nitrogens with zero attached hydrogens (tertiary/aromatic N) is 4. The molecule has 9 heteroatoms. The third-order valence-electron chi connectivity index (χ3n) is 2.49. The zero-order chi connectivity index (χ0) is 15.4. The molecule has 0 unspecified atom stereocenters. The number of nitriles is 1. The second kappa shape index (κ2) is 5.70. The van der Waals surface area contributed by atoms with E-state index in [0.717, 1.165) is 12.4 Å². The number of hydrogen-bond donors (Lipinski definition) is 1. The van der Waals surface area contributed by atoms with E-state index in [1.165, 1.54) is 19.2 Å². The molecule has 1 heterocycles. The fourth-order valence-electron chi connectivity index (χ4n) is 1.55. The monoisotopic (exact) mass is 287 g/mol. The zero-order valence-corrected chi connectivity index (χ0v) is 10.8. The molecular formula is C12H9N5O4. The molecule has 0 saturated carbocycles. The Morgan fingerprint density at radius 2 is 2.19 bits per heavy atom. The molecule has 21 heavy (non-hydrogen) atoms. The first-order valence-corrected chi connectivity index (χ1v) is 5.57. The molecule has 0 spiro atoms. The molecule has 1 aromatic heterocycles. The lowest BCUT2D eigenvalue weighted by Crippen LogP contribution is -2.01. The molecule has 0 aliphatic rings. The highest BCUT2D eigenvalue weighted by atomic mass is 16.6. The van der Waals surface area contributed by atoms with Crippen LogP contribution in [0, 0.1) is 21.4 Å². The summed E-state index contributed by atoms with van der Waals surface area (Å²) in [5, 5.41) is 19.8. The summed E-state index contributed by atoms with van der Waals surface area (Å²) < 4.78 is 10.4. The van der Waals surface area contributed by atoms with Crippen LogP contribution in [0.4, 0.5) is 11.5 Å². The molecule has 0 saturated heterocycles. The number of benzene rings is 1. The van der Waals surface area contributed by atoms with Gasteiger partial charge in [0.25, 0.3) is 5.88 Å². The van der Waals surface area contributed by atoms with Crippen molar-refractivity contribution < 1.29 is 14.4 Å². The summed E-state index contributed by atoms with van der Waals surface area (Å²) >= 11 is 0. The number of nitro groups is 1. The number of ether oxygens (including phenoxy) is 2. The highest BCUT2D eigenvalue weighted by Crippen LogP contribution is 2.36. The summed E-state index contributed by atoms with van der Waals surface area (Å²) in [7, 11) is 1.34. The van der Waals surface area contributed by atoms with Gasteiger partial charge in [-0.2, -0.15) is 10.2 Å². The molecule has 0 radical (unpaired) electrons. The second-order valence-corrected chi connectivity index (χ2v) is 3.75. The largest absolute Gasteiger partial charge is 0.489 e. The predicted molar refractivity (Wildman–Crippen MR) is 70.9 cm³/mol. The maximum absolute atomic E-state index is 11.0. The third-order valence-corrected chi connectivity index (χ3v) is 2.49. The number of nitrogen functional groups attached to an aromatic ring is 1. The van der Waals surface area contributed by atoms with E-state index >= 15 is 0 Å². The lowest BCUT2D eigenvalue weighted by atomic mass is 10.2. The highest BCUT2D eigenvalue weighted by molar-refractivity contribution is 5.56. The van der Waals surface area contributed by atoms with Gasteiger partial charge in [0, 0.05) is 6.07 Å². The minimum Gasteiger partial charge on any atom is -0.489 e. The quantitative estimate of drug-likeness (QED) is 0.661. The van der Waals surface area contributed by atoms with E-state index in [0.29, 0.717) is 0 Å². The van der Waals surface area contributed by atoms with E-state index in [1.807, 2.05) is 6.07 Å². The van der Waals surface area contributed by atoms with Crippen molar-refractivity contribution in [3.05, 3.63) is 40.2 Å². The smallest absolute Gasteiger partial charge is 0.312 e. The standard InChI is InChI=1S/C12H9N5O4/c1-20-10-11(14)15-6-16-12(10)21-9-3-2-7(5-13)4-8(9)17(18)19/h2-4,6H,1H3,(H2,14,15,16). The van der Waals surface area contributed by atoms with Crippen molar-refractivity contribution in [3.63, 3.8) is 0 Å². The van der Waals surface area contributed by atoms with Crippen LogP contribution in [0.3, 0.4) is 0 Å². The van der Waals surface area contributed by atoms with E-state index in [4.69, 9.17) is 20.5 Å². The van der Waals surface area contributed by atoms with E-state index in [2.05, 4.69) is 9.97 Å². The average Bonchev–Trinajstić information content (AvgIpc) is 2.47. The van der Waals surface area contributed by atoms with Crippen molar-refractivity contribution in [1.82, 2.24) is 9.97 Å². The molecule has 2 aromatic rings. The summed E-state index contributed by atoms with van der Waals surface area (Å²) in [6.07, 6.45) is 1.14. The Labute approximate surface area is 118 Å². The van der Waals surface area contributed by atoms with Crippen molar-refractivity contribution >= 4 is 11.5 Å². The van der Waals surface area contributed by atoms with E-state index < -0.39 is 4.92 Å². The van der Waals surface area contributed by atoms with Crippen LogP contribution in [0.5, 0.6) is 17.4 Å². The topological polar surface area (TPSA) is 137 Å². The van der Waals surface area contributed by atoms with Crippen LogP contribution in [-0.2, 0) is 0 Å². The number of methoxy groups -OCH3 is 1. The van der Waals surface area contributed by atoms with Gasteiger partial charge in [-0.1, -0.05) is 0 Å². The van der Waals surface area contributed by atoms with Gasteiger partial charge in [-0.3, -0.25) is 10.1 Å². The van der Waals surface area contributed by atoms with Crippen LogP contribution >= 0.6 is 0 Å². The summed E-state index contributed by atoms with van der Waals surface area (Å²) in [6.45, 7) is 0. The van der Waals surface area contributed by atoms with Gasteiger partial charge in [-0.05, 0) is 12.1 Å².